The van der Waals surface area contributed by atoms with E-state index in [1.54, 1.807) is 4.90 Å². The van der Waals surface area contributed by atoms with Crippen LogP contribution in [0.4, 0.5) is 0 Å². The van der Waals surface area contributed by atoms with Gasteiger partial charge in [-0.2, -0.15) is 0 Å². The van der Waals surface area contributed by atoms with E-state index in [-0.39, 0.29) is 24.3 Å². The van der Waals surface area contributed by atoms with Crippen LogP contribution in [0.2, 0.25) is 0 Å². The zero-order chi connectivity index (χ0) is 18.7. The molecule has 0 aromatic rings. The molecular weight excluding hydrogens is 338 g/mol. The van der Waals surface area contributed by atoms with Crippen LogP contribution in [0.5, 0.6) is 0 Å². The summed E-state index contributed by atoms with van der Waals surface area (Å²) in [4.78, 5) is 25.8. The van der Waals surface area contributed by atoms with E-state index in [9.17, 15) is 4.79 Å². The third-order valence-corrected chi connectivity index (χ3v) is 6.79. The zero-order valence-corrected chi connectivity index (χ0v) is 16.4. The average molecular weight is 369 g/mol. The summed E-state index contributed by atoms with van der Waals surface area (Å²) in [6.45, 7) is 6.49. The van der Waals surface area contributed by atoms with Gasteiger partial charge in [0.15, 0.2) is 11.9 Å². The van der Waals surface area contributed by atoms with Gasteiger partial charge in [0, 0.05) is 18.3 Å². The molecule has 26 heavy (non-hydrogen) atoms. The second kappa shape index (κ2) is 6.41. The van der Waals surface area contributed by atoms with Crippen molar-refractivity contribution in [1.82, 2.24) is 4.90 Å². The number of ether oxygens (including phenoxy) is 3. The number of carbonyl (C=O) groups is 1. The van der Waals surface area contributed by atoms with Crippen LogP contribution in [0, 0.1) is 23.7 Å². The Bertz CT molecular complexity index is 570. The second-order valence-electron chi connectivity index (χ2n) is 9.00. The normalized spacial score (nSPS) is 50.2. The molecule has 4 saturated heterocycles. The first-order valence-electron chi connectivity index (χ1n) is 9.79. The van der Waals surface area contributed by atoms with Crippen LogP contribution >= 0.6 is 0 Å². The molecule has 8 atom stereocenters. The number of likely N-dealkylation sites (N-methyl/N-ethyl adjacent to an activating group) is 1. The Balaban J connectivity index is 1.63. The molecule has 2 bridgehead atoms. The summed E-state index contributed by atoms with van der Waals surface area (Å²) in [6, 6.07) is 0. The highest BCUT2D eigenvalue weighted by Crippen LogP contribution is 2.60. The number of fused-ring (bicyclic) bond motifs is 2. The lowest BCUT2D eigenvalue weighted by Gasteiger charge is -2.59. The van der Waals surface area contributed by atoms with Crippen LogP contribution in [0.1, 0.15) is 46.5 Å². The second-order valence-corrected chi connectivity index (χ2v) is 9.00. The maximum absolute atomic E-state index is 12.2. The summed E-state index contributed by atoms with van der Waals surface area (Å²) in [7, 11) is 3.68. The van der Waals surface area contributed by atoms with Crippen molar-refractivity contribution in [1.29, 1.82) is 0 Å². The van der Waals surface area contributed by atoms with Gasteiger partial charge in [-0.25, -0.2) is 9.78 Å². The Kier molecular flexibility index (Phi) is 4.59. The molecule has 1 spiro atoms. The van der Waals surface area contributed by atoms with Gasteiger partial charge in [-0.05, 0) is 52.1 Å². The lowest BCUT2D eigenvalue weighted by Crippen LogP contribution is -2.70. The van der Waals surface area contributed by atoms with Gasteiger partial charge >= 0.3 is 5.97 Å². The molecule has 4 aliphatic heterocycles. The summed E-state index contributed by atoms with van der Waals surface area (Å²) in [5.41, 5.74) is -0.614. The molecule has 148 valence electrons. The van der Waals surface area contributed by atoms with E-state index in [1.165, 1.54) is 0 Å². The third-order valence-electron chi connectivity index (χ3n) is 6.79. The van der Waals surface area contributed by atoms with Gasteiger partial charge < -0.3 is 14.2 Å². The van der Waals surface area contributed by atoms with Crippen molar-refractivity contribution < 1.29 is 28.8 Å². The van der Waals surface area contributed by atoms with Crippen molar-refractivity contribution in [2.45, 2.75) is 70.4 Å². The van der Waals surface area contributed by atoms with E-state index in [1.807, 2.05) is 21.0 Å². The van der Waals surface area contributed by atoms with Crippen molar-refractivity contribution in [2.24, 2.45) is 23.7 Å². The highest BCUT2D eigenvalue weighted by molar-refractivity contribution is 5.71. The lowest BCUT2D eigenvalue weighted by molar-refractivity contribution is -0.576. The van der Waals surface area contributed by atoms with Crippen LogP contribution in [-0.4, -0.2) is 55.5 Å². The number of hydrogen-bond acceptors (Lipinski definition) is 7. The molecule has 0 radical (unpaired) electrons. The fraction of sp³-hybridized carbons (Fsp3) is 0.947. The SMILES string of the molecule is C[C@@H]1CCC2[C@@H](C)[C@H](OC(=O)CN(C)C)OC3O[C@]4(C)CC[C@@H]1C32OO4. The molecule has 5 rings (SSSR count). The summed E-state index contributed by atoms with van der Waals surface area (Å²) >= 11 is 0. The smallest absolute Gasteiger partial charge is 0.322 e. The van der Waals surface area contributed by atoms with Gasteiger partial charge in [-0.3, -0.25) is 9.69 Å². The molecule has 5 aliphatic rings. The van der Waals surface area contributed by atoms with Gasteiger partial charge in [0.1, 0.15) is 0 Å². The molecule has 0 N–H and O–H groups in total. The monoisotopic (exact) mass is 369 g/mol. The molecule has 0 aromatic carbocycles. The van der Waals surface area contributed by atoms with E-state index in [4.69, 9.17) is 24.0 Å². The van der Waals surface area contributed by atoms with Crippen molar-refractivity contribution in [3.63, 3.8) is 0 Å². The van der Waals surface area contributed by atoms with E-state index < -0.39 is 24.0 Å². The first-order valence-corrected chi connectivity index (χ1v) is 9.79. The molecule has 4 heterocycles. The Morgan fingerprint density at radius 3 is 2.65 bits per heavy atom. The van der Waals surface area contributed by atoms with Gasteiger partial charge in [-0.1, -0.05) is 13.8 Å². The summed E-state index contributed by atoms with van der Waals surface area (Å²) in [5.74, 6) is -0.0764. The molecule has 5 fully saturated rings. The molecular formula is C19H31NO6. The minimum absolute atomic E-state index is 0.0158. The van der Waals surface area contributed by atoms with E-state index in [0.717, 1.165) is 25.7 Å². The van der Waals surface area contributed by atoms with Gasteiger partial charge in [0.25, 0.3) is 0 Å². The van der Waals surface area contributed by atoms with Gasteiger partial charge in [0.2, 0.25) is 12.1 Å². The molecule has 1 saturated carbocycles. The first kappa shape index (κ1) is 18.6. The summed E-state index contributed by atoms with van der Waals surface area (Å²) < 4.78 is 18.1. The average Bonchev–Trinajstić information content (AvgIpc) is 2.78. The van der Waals surface area contributed by atoms with Crippen LogP contribution < -0.4 is 0 Å². The van der Waals surface area contributed by atoms with E-state index in [0.29, 0.717) is 11.8 Å². The van der Waals surface area contributed by atoms with E-state index in [2.05, 4.69) is 13.8 Å². The molecule has 0 amide bonds. The Hall–Kier alpha value is -0.730. The number of nitrogens with zero attached hydrogens (tertiary/aromatic N) is 1. The van der Waals surface area contributed by atoms with E-state index >= 15 is 0 Å². The fourth-order valence-electron chi connectivity index (χ4n) is 5.43. The Labute approximate surface area is 155 Å². The molecule has 3 unspecified atom stereocenters. The highest BCUT2D eigenvalue weighted by Gasteiger charge is 2.69. The third kappa shape index (κ3) is 2.79. The van der Waals surface area contributed by atoms with Crippen LogP contribution in [0.3, 0.4) is 0 Å². The van der Waals surface area contributed by atoms with Crippen molar-refractivity contribution in [3.8, 4) is 0 Å². The molecule has 7 nitrogen and oxygen atoms in total. The fourth-order valence-corrected chi connectivity index (χ4v) is 5.43. The minimum Gasteiger partial charge on any atom is -0.434 e. The molecule has 1 aliphatic carbocycles. The van der Waals surface area contributed by atoms with Crippen LogP contribution in [-0.2, 0) is 28.8 Å². The Morgan fingerprint density at radius 2 is 1.92 bits per heavy atom. The maximum atomic E-state index is 12.2. The van der Waals surface area contributed by atoms with Gasteiger partial charge in [0.05, 0.1) is 6.54 Å². The van der Waals surface area contributed by atoms with Crippen LogP contribution in [0.25, 0.3) is 0 Å². The largest absolute Gasteiger partial charge is 0.434 e. The minimum atomic E-state index is -0.809. The highest BCUT2D eigenvalue weighted by atomic mass is 17.3. The van der Waals surface area contributed by atoms with Gasteiger partial charge in [-0.15, -0.1) is 0 Å². The number of rotatable bonds is 3. The van der Waals surface area contributed by atoms with Crippen molar-refractivity contribution >= 4 is 5.97 Å². The predicted octanol–water partition coefficient (Wildman–Crippen LogP) is 2.30. The first-order chi connectivity index (χ1) is 12.2. The van der Waals surface area contributed by atoms with Crippen molar-refractivity contribution in [2.75, 3.05) is 20.6 Å². The summed E-state index contributed by atoms with van der Waals surface area (Å²) in [5, 5.41) is 0. The standard InChI is InChI=1S/C19H31NO6/c1-11-6-7-14-12(2)16(22-15(21)10-20(4)5)23-17-19(14)13(11)8-9-18(3,24-17)25-26-19/h11-14,16-17H,6-10H2,1-5H3/t11-,12-,13+,14?,16-,17?,18+,19?/m1/s1. The molecule has 0 aromatic heterocycles. The molecule has 7 heteroatoms. The summed E-state index contributed by atoms with van der Waals surface area (Å²) in [6.07, 6.45) is 2.69. The van der Waals surface area contributed by atoms with Crippen molar-refractivity contribution in [3.05, 3.63) is 0 Å². The number of esters is 1. The maximum Gasteiger partial charge on any atom is 0.322 e. The Morgan fingerprint density at radius 1 is 1.15 bits per heavy atom. The predicted molar refractivity (Wildman–Crippen MR) is 91.5 cm³/mol. The number of carbonyl (C=O) groups excluding carboxylic acids is 1. The number of hydrogen-bond donors (Lipinski definition) is 0. The zero-order valence-electron chi connectivity index (χ0n) is 16.4. The quantitative estimate of drug-likeness (QED) is 0.558. The van der Waals surface area contributed by atoms with Crippen LogP contribution in [0.15, 0.2) is 0 Å². The lowest BCUT2D eigenvalue weighted by atomic mass is 9.58. The topological polar surface area (TPSA) is 66.5 Å².